The highest BCUT2D eigenvalue weighted by Gasteiger charge is 2.27. The van der Waals surface area contributed by atoms with Crippen LogP contribution in [0.2, 0.25) is 0 Å². The molecule has 0 saturated carbocycles. The second-order valence-corrected chi connectivity index (χ2v) is 16.2. The van der Waals surface area contributed by atoms with Crippen molar-refractivity contribution >= 4 is 29.1 Å². The standard InChI is InChI=1S/C28H26F2N4O3.C23H24F2N6O/c1-28(2,3)37-27(35)34(23-9-7-19(14-31)8-10-23)17-22-16-33-25(13-30)26(24(22)12-29)36-18-21-6-4-5-20(11-21)15-32;24-9-19-17(11-30-18-6-4-15(5-7-18)22(26)27)12-31-20(10-25)21(19)32-13-14-2-1-3-16(8-14)23(28)29/h4-11,16H,12-13,17-18H2,1-3H3;1-8,12,30H,9-11,13H2,(H3,26,27)(H3,28,29). The number of nitriles is 2. The molecule has 6 aromatic rings. The van der Waals surface area contributed by atoms with Gasteiger partial charge in [0.15, 0.2) is 0 Å². The lowest BCUT2D eigenvalue weighted by atomic mass is 10.1. The molecule has 18 heteroatoms. The van der Waals surface area contributed by atoms with Crippen LogP contribution in [-0.2, 0) is 57.7 Å². The van der Waals surface area contributed by atoms with Crippen molar-refractivity contribution in [3.63, 3.8) is 0 Å². The Bertz CT molecular complexity index is 2840. The van der Waals surface area contributed by atoms with Gasteiger partial charge in [-0.15, -0.1) is 0 Å². The van der Waals surface area contributed by atoms with Gasteiger partial charge in [0.2, 0.25) is 0 Å². The molecule has 1 amide bonds. The van der Waals surface area contributed by atoms with Crippen molar-refractivity contribution in [3.8, 4) is 23.6 Å². The zero-order valence-electron chi connectivity index (χ0n) is 38.1. The lowest BCUT2D eigenvalue weighted by molar-refractivity contribution is 0.0577. The second-order valence-electron chi connectivity index (χ2n) is 16.2. The number of rotatable bonds is 18. The maximum absolute atomic E-state index is 14.4. The molecule has 0 bridgehead atoms. The monoisotopic (exact) mass is 942 g/mol. The van der Waals surface area contributed by atoms with Crippen molar-refractivity contribution in [1.82, 2.24) is 9.97 Å². The van der Waals surface area contributed by atoms with E-state index in [9.17, 15) is 22.4 Å². The van der Waals surface area contributed by atoms with Gasteiger partial charge < -0.3 is 31.0 Å². The zero-order valence-corrected chi connectivity index (χ0v) is 38.1. The van der Waals surface area contributed by atoms with Crippen molar-refractivity contribution in [2.75, 3.05) is 10.2 Å². The molecular formula is C51H50F4N10O4. The maximum atomic E-state index is 14.4. The average Bonchev–Trinajstić information content (AvgIpc) is 3.35. The van der Waals surface area contributed by atoms with Gasteiger partial charge in [-0.05, 0) is 110 Å². The largest absolute Gasteiger partial charge is 0.486 e. The molecule has 7 N–H and O–H groups in total. The second kappa shape index (κ2) is 24.3. The van der Waals surface area contributed by atoms with Crippen LogP contribution in [0.5, 0.6) is 11.5 Å². The number of aromatic nitrogens is 2. The van der Waals surface area contributed by atoms with Gasteiger partial charge in [-0.2, -0.15) is 10.5 Å². The van der Waals surface area contributed by atoms with Crippen LogP contribution < -0.4 is 31.2 Å². The van der Waals surface area contributed by atoms with Crippen LogP contribution in [0.4, 0.5) is 33.7 Å². The minimum atomic E-state index is -0.992. The number of hydrogen-bond acceptors (Lipinski definition) is 11. The Hall–Kier alpha value is -8.51. The third-order valence-electron chi connectivity index (χ3n) is 10.1. The highest BCUT2D eigenvalue weighted by Crippen LogP contribution is 2.32. The molecule has 2 aromatic heterocycles. The van der Waals surface area contributed by atoms with E-state index in [0.717, 1.165) is 5.69 Å². The maximum Gasteiger partial charge on any atom is 0.415 e. The SMILES string of the molecule is CC(C)(C)OC(=O)N(Cc1cnc(CF)c(OCc2cccc(C#N)c2)c1CF)c1ccc(C#N)cc1.N=C(N)c1ccc(NCc2cnc(CF)c(OCc3cccc(C(=N)N)c3)c2CF)cc1. The number of nitrogen functional groups attached to an aromatic ring is 2. The van der Waals surface area contributed by atoms with Gasteiger partial charge in [0.25, 0.3) is 0 Å². The Morgan fingerprint density at radius 3 is 1.75 bits per heavy atom. The van der Waals surface area contributed by atoms with Crippen LogP contribution >= 0.6 is 0 Å². The summed E-state index contributed by atoms with van der Waals surface area (Å²) in [7, 11) is 0. The molecule has 0 aliphatic carbocycles. The summed E-state index contributed by atoms with van der Waals surface area (Å²) < 4.78 is 72.8. The number of carbonyl (C=O) groups is 1. The number of pyridine rings is 2. The van der Waals surface area contributed by atoms with Crippen LogP contribution in [0, 0.1) is 33.5 Å². The summed E-state index contributed by atoms with van der Waals surface area (Å²) in [5, 5.41) is 36.4. The van der Waals surface area contributed by atoms with Crippen LogP contribution in [0.15, 0.2) is 109 Å². The van der Waals surface area contributed by atoms with Crippen molar-refractivity contribution in [3.05, 3.63) is 176 Å². The molecule has 0 spiro atoms. The number of halogens is 4. The number of benzene rings is 4. The molecule has 2 heterocycles. The van der Waals surface area contributed by atoms with E-state index in [-0.39, 0.29) is 72.0 Å². The molecule has 0 radical (unpaired) electrons. The average molecular weight is 943 g/mol. The molecule has 0 atom stereocenters. The van der Waals surface area contributed by atoms with E-state index in [1.165, 1.54) is 17.3 Å². The summed E-state index contributed by atoms with van der Waals surface area (Å²) in [6.45, 7) is 1.57. The van der Waals surface area contributed by atoms with Crippen LogP contribution in [0.25, 0.3) is 0 Å². The number of nitrogens with zero attached hydrogens (tertiary/aromatic N) is 5. The number of amidine groups is 2. The molecule has 0 aliphatic rings. The fraction of sp³-hybridized carbons (Fsp3) is 0.235. The number of amides is 1. The predicted octanol–water partition coefficient (Wildman–Crippen LogP) is 10.1. The number of hydrogen-bond donors (Lipinski definition) is 5. The van der Waals surface area contributed by atoms with Gasteiger partial charge in [-0.1, -0.05) is 30.3 Å². The van der Waals surface area contributed by atoms with E-state index in [1.54, 1.807) is 118 Å². The topological polar surface area (TPSA) is 233 Å². The molecule has 0 fully saturated rings. The number of alkyl halides is 4. The molecule has 0 saturated heterocycles. The van der Waals surface area contributed by atoms with Crippen molar-refractivity contribution in [2.45, 2.75) is 79.4 Å². The Balaban J connectivity index is 0.000000260. The summed E-state index contributed by atoms with van der Waals surface area (Å²) in [5.74, 6) is -0.0759. The Morgan fingerprint density at radius 2 is 1.23 bits per heavy atom. The first-order chi connectivity index (χ1) is 33.1. The van der Waals surface area contributed by atoms with Crippen molar-refractivity contribution < 1.29 is 36.6 Å². The fourth-order valence-corrected chi connectivity index (χ4v) is 6.64. The minimum absolute atomic E-state index is 0.0231. The summed E-state index contributed by atoms with van der Waals surface area (Å²) in [6.07, 6.45) is 2.06. The molecule has 356 valence electrons. The number of nitrogens with one attached hydrogen (secondary N) is 3. The molecule has 4 aromatic carbocycles. The number of nitrogens with two attached hydrogens (primary N) is 2. The van der Waals surface area contributed by atoms with E-state index in [4.69, 9.17) is 47.0 Å². The molecule has 14 nitrogen and oxygen atoms in total. The van der Waals surface area contributed by atoms with Gasteiger partial charge in [0, 0.05) is 52.6 Å². The summed E-state index contributed by atoms with van der Waals surface area (Å²) in [4.78, 5) is 22.6. The summed E-state index contributed by atoms with van der Waals surface area (Å²) in [6, 6.07) is 30.8. The quantitative estimate of drug-likeness (QED) is 0.0309. The first kappa shape index (κ1) is 51.5. The molecule has 0 unspecified atom stereocenters. The fourth-order valence-electron chi connectivity index (χ4n) is 6.64. The molecule has 0 aliphatic heterocycles. The van der Waals surface area contributed by atoms with E-state index >= 15 is 0 Å². The highest BCUT2D eigenvalue weighted by atomic mass is 19.1. The molecule has 69 heavy (non-hydrogen) atoms. The Labute approximate surface area is 397 Å². The Morgan fingerprint density at radius 1 is 0.696 bits per heavy atom. The number of carbonyl (C=O) groups excluding carboxylic acids is 1. The van der Waals surface area contributed by atoms with Crippen molar-refractivity contribution in [2.24, 2.45) is 11.5 Å². The third kappa shape index (κ3) is 14.2. The Kier molecular flexibility index (Phi) is 18.1. The van der Waals surface area contributed by atoms with Gasteiger partial charge in [-0.3, -0.25) is 25.7 Å². The van der Waals surface area contributed by atoms with Crippen LogP contribution in [0.3, 0.4) is 0 Å². The first-order valence-electron chi connectivity index (χ1n) is 21.2. The molecular weight excluding hydrogens is 893 g/mol. The van der Waals surface area contributed by atoms with E-state index < -0.39 is 38.4 Å². The predicted molar refractivity (Wildman–Crippen MR) is 253 cm³/mol. The summed E-state index contributed by atoms with van der Waals surface area (Å²) >= 11 is 0. The van der Waals surface area contributed by atoms with Crippen LogP contribution in [-0.4, -0.2) is 33.3 Å². The van der Waals surface area contributed by atoms with E-state index in [2.05, 4.69) is 15.3 Å². The summed E-state index contributed by atoms with van der Waals surface area (Å²) in [5.41, 5.74) is 15.7. The lowest BCUT2D eigenvalue weighted by Gasteiger charge is -2.28. The van der Waals surface area contributed by atoms with Crippen LogP contribution in [0.1, 0.15) is 87.8 Å². The zero-order chi connectivity index (χ0) is 50.1. The third-order valence-corrected chi connectivity index (χ3v) is 10.1. The van der Waals surface area contributed by atoms with Gasteiger partial charge >= 0.3 is 6.09 Å². The van der Waals surface area contributed by atoms with E-state index in [1.807, 2.05) is 12.1 Å². The molecule has 6 rings (SSSR count). The van der Waals surface area contributed by atoms with E-state index in [0.29, 0.717) is 50.2 Å². The minimum Gasteiger partial charge on any atom is -0.486 e. The van der Waals surface area contributed by atoms with Gasteiger partial charge in [-0.25, -0.2) is 22.4 Å². The lowest BCUT2D eigenvalue weighted by Crippen LogP contribution is -2.36. The van der Waals surface area contributed by atoms with Crippen molar-refractivity contribution in [1.29, 1.82) is 21.3 Å². The van der Waals surface area contributed by atoms with Gasteiger partial charge in [0.1, 0.15) is 80.1 Å². The smallest absolute Gasteiger partial charge is 0.415 e. The van der Waals surface area contributed by atoms with Gasteiger partial charge in [0.05, 0.1) is 29.8 Å². The normalized spacial score (nSPS) is 10.7. The number of anilines is 2. The highest BCUT2D eigenvalue weighted by molar-refractivity contribution is 5.95. The number of ether oxygens (including phenoxy) is 3. The first-order valence-corrected chi connectivity index (χ1v) is 21.2.